The summed E-state index contributed by atoms with van der Waals surface area (Å²) in [4.78, 5) is 33.3. The standard InChI is InChI=1S/C11H11BrN2O5/c12-6-2-1-5(3-8(6)15)10(17)14-7(11(18)19)4-9(13)16/h1-3,7,15H,4H2,(H2,13,16)(H,14,17)(H,18,19)/t7-/m1/s1. The lowest BCUT2D eigenvalue weighted by Crippen LogP contribution is -2.43. The molecule has 19 heavy (non-hydrogen) atoms. The fraction of sp³-hybridized carbons (Fsp3) is 0.182. The Morgan fingerprint density at radius 1 is 1.37 bits per heavy atom. The maximum absolute atomic E-state index is 11.8. The monoisotopic (exact) mass is 330 g/mol. The minimum absolute atomic E-state index is 0.0661. The molecule has 0 heterocycles. The summed E-state index contributed by atoms with van der Waals surface area (Å²) in [5, 5.41) is 20.4. The van der Waals surface area contributed by atoms with Gasteiger partial charge >= 0.3 is 5.97 Å². The molecular weight excluding hydrogens is 320 g/mol. The highest BCUT2D eigenvalue weighted by atomic mass is 79.9. The minimum atomic E-state index is -1.41. The molecule has 0 unspecified atom stereocenters. The highest BCUT2D eigenvalue weighted by molar-refractivity contribution is 9.10. The molecule has 1 atom stereocenters. The predicted molar refractivity (Wildman–Crippen MR) is 68.5 cm³/mol. The van der Waals surface area contributed by atoms with E-state index in [-0.39, 0.29) is 11.3 Å². The quantitative estimate of drug-likeness (QED) is 0.613. The molecule has 0 radical (unpaired) electrons. The zero-order chi connectivity index (χ0) is 14.6. The Balaban J connectivity index is 2.84. The molecule has 8 heteroatoms. The van der Waals surface area contributed by atoms with Crippen molar-refractivity contribution in [3.63, 3.8) is 0 Å². The summed E-state index contributed by atoms with van der Waals surface area (Å²) in [7, 11) is 0. The number of phenols is 1. The molecule has 1 rings (SSSR count). The number of nitrogens with two attached hydrogens (primary N) is 1. The van der Waals surface area contributed by atoms with Crippen LogP contribution in [-0.2, 0) is 9.59 Å². The van der Waals surface area contributed by atoms with E-state index in [0.29, 0.717) is 4.47 Å². The van der Waals surface area contributed by atoms with Gasteiger partial charge in [-0.2, -0.15) is 0 Å². The second-order valence-corrected chi connectivity index (χ2v) is 4.56. The highest BCUT2D eigenvalue weighted by Crippen LogP contribution is 2.24. The summed E-state index contributed by atoms with van der Waals surface area (Å²) in [6, 6.07) is 2.59. The van der Waals surface area contributed by atoms with Crippen LogP contribution < -0.4 is 11.1 Å². The molecule has 0 aliphatic carbocycles. The van der Waals surface area contributed by atoms with Crippen molar-refractivity contribution < 1.29 is 24.6 Å². The Bertz CT molecular complexity index is 532. The lowest BCUT2D eigenvalue weighted by atomic mass is 10.1. The van der Waals surface area contributed by atoms with E-state index in [1.165, 1.54) is 18.2 Å². The van der Waals surface area contributed by atoms with Gasteiger partial charge in [-0.05, 0) is 34.1 Å². The van der Waals surface area contributed by atoms with Gasteiger partial charge in [0.15, 0.2) is 0 Å². The van der Waals surface area contributed by atoms with Crippen LogP contribution in [0.4, 0.5) is 0 Å². The largest absolute Gasteiger partial charge is 0.507 e. The van der Waals surface area contributed by atoms with Gasteiger partial charge in [-0.3, -0.25) is 9.59 Å². The average molecular weight is 331 g/mol. The van der Waals surface area contributed by atoms with Gasteiger partial charge in [0.2, 0.25) is 5.91 Å². The Morgan fingerprint density at radius 2 is 2.00 bits per heavy atom. The molecule has 0 aromatic heterocycles. The van der Waals surface area contributed by atoms with Gasteiger partial charge in [0, 0.05) is 5.56 Å². The van der Waals surface area contributed by atoms with Crippen LogP contribution in [0.1, 0.15) is 16.8 Å². The third-order valence-electron chi connectivity index (χ3n) is 2.22. The third kappa shape index (κ3) is 4.25. The van der Waals surface area contributed by atoms with E-state index in [1.54, 1.807) is 0 Å². The molecule has 0 saturated carbocycles. The molecule has 0 saturated heterocycles. The molecule has 7 nitrogen and oxygen atoms in total. The number of hydrogen-bond donors (Lipinski definition) is 4. The van der Waals surface area contributed by atoms with E-state index in [1.807, 2.05) is 0 Å². The van der Waals surface area contributed by atoms with Gasteiger partial charge in [0.25, 0.3) is 5.91 Å². The van der Waals surface area contributed by atoms with Crippen LogP contribution in [0.25, 0.3) is 0 Å². The van der Waals surface area contributed by atoms with Gasteiger partial charge in [-0.25, -0.2) is 4.79 Å². The molecule has 1 aromatic rings. The number of phenolic OH excluding ortho intramolecular Hbond substituents is 1. The molecule has 102 valence electrons. The number of amides is 2. The second-order valence-electron chi connectivity index (χ2n) is 3.70. The molecular formula is C11H11BrN2O5. The fourth-order valence-corrected chi connectivity index (χ4v) is 1.54. The summed E-state index contributed by atoms with van der Waals surface area (Å²) in [6.45, 7) is 0. The Hall–Kier alpha value is -2.09. The van der Waals surface area contributed by atoms with Crippen LogP contribution in [-0.4, -0.2) is 34.0 Å². The molecule has 1 aromatic carbocycles. The maximum Gasteiger partial charge on any atom is 0.326 e. The number of rotatable bonds is 5. The van der Waals surface area contributed by atoms with Crippen molar-refractivity contribution in [1.29, 1.82) is 0 Å². The summed E-state index contributed by atoms with van der Waals surface area (Å²) in [5.41, 5.74) is 4.96. The number of carbonyl (C=O) groups is 3. The van der Waals surface area contributed by atoms with Crippen molar-refractivity contribution in [2.75, 3.05) is 0 Å². The zero-order valence-electron chi connectivity index (χ0n) is 9.59. The number of nitrogens with one attached hydrogen (secondary N) is 1. The van der Waals surface area contributed by atoms with Crippen molar-refractivity contribution in [3.8, 4) is 5.75 Å². The first kappa shape index (κ1) is 15.0. The first-order valence-corrected chi connectivity index (χ1v) is 5.91. The van der Waals surface area contributed by atoms with Gasteiger partial charge in [0.05, 0.1) is 10.9 Å². The van der Waals surface area contributed by atoms with E-state index in [2.05, 4.69) is 21.2 Å². The van der Waals surface area contributed by atoms with Crippen LogP contribution in [0.2, 0.25) is 0 Å². The van der Waals surface area contributed by atoms with Crippen molar-refractivity contribution in [2.24, 2.45) is 5.73 Å². The van der Waals surface area contributed by atoms with E-state index in [9.17, 15) is 19.5 Å². The summed E-state index contributed by atoms with van der Waals surface area (Å²) < 4.78 is 0.399. The summed E-state index contributed by atoms with van der Waals surface area (Å²) >= 11 is 3.05. The van der Waals surface area contributed by atoms with E-state index in [4.69, 9.17) is 10.8 Å². The number of aliphatic carboxylic acids is 1. The molecule has 0 aliphatic heterocycles. The van der Waals surface area contributed by atoms with Crippen LogP contribution in [0.15, 0.2) is 22.7 Å². The molecule has 0 aliphatic rings. The topological polar surface area (TPSA) is 130 Å². The fourth-order valence-electron chi connectivity index (χ4n) is 1.30. The predicted octanol–water partition coefficient (Wildman–Crippen LogP) is 0.213. The number of carbonyl (C=O) groups excluding carboxylic acids is 2. The Morgan fingerprint density at radius 3 is 2.47 bits per heavy atom. The Kier molecular flexibility index (Phi) is 4.87. The lowest BCUT2D eigenvalue weighted by molar-refractivity contribution is -0.140. The number of halogens is 1. The summed E-state index contributed by atoms with van der Waals surface area (Å²) in [5.74, 6) is -3.09. The minimum Gasteiger partial charge on any atom is -0.507 e. The molecule has 0 bridgehead atoms. The second kappa shape index (κ2) is 6.19. The summed E-state index contributed by atoms with van der Waals surface area (Å²) in [6.07, 6.45) is -0.510. The average Bonchev–Trinajstić information content (AvgIpc) is 2.31. The normalized spacial score (nSPS) is 11.6. The van der Waals surface area contributed by atoms with Crippen molar-refractivity contribution in [3.05, 3.63) is 28.2 Å². The van der Waals surface area contributed by atoms with Crippen molar-refractivity contribution >= 4 is 33.7 Å². The number of aromatic hydroxyl groups is 1. The van der Waals surface area contributed by atoms with Crippen LogP contribution in [0.5, 0.6) is 5.75 Å². The van der Waals surface area contributed by atoms with Crippen molar-refractivity contribution in [1.82, 2.24) is 5.32 Å². The lowest BCUT2D eigenvalue weighted by Gasteiger charge is -2.13. The van der Waals surface area contributed by atoms with Crippen LogP contribution >= 0.6 is 15.9 Å². The van der Waals surface area contributed by atoms with Crippen molar-refractivity contribution in [2.45, 2.75) is 12.5 Å². The Labute approximate surface area is 116 Å². The zero-order valence-corrected chi connectivity index (χ0v) is 11.2. The first-order valence-electron chi connectivity index (χ1n) is 5.11. The van der Waals surface area contributed by atoms with Gasteiger partial charge < -0.3 is 21.3 Å². The molecule has 2 amide bonds. The molecule has 0 spiro atoms. The first-order chi connectivity index (χ1) is 8.81. The van der Waals surface area contributed by atoms with E-state index in [0.717, 1.165) is 0 Å². The van der Waals surface area contributed by atoms with E-state index < -0.39 is 30.2 Å². The number of carboxylic acid groups (broad SMARTS) is 1. The smallest absolute Gasteiger partial charge is 0.326 e. The SMILES string of the molecule is NC(=O)C[C@@H](NC(=O)c1ccc(Br)c(O)c1)C(=O)O. The maximum atomic E-state index is 11.8. The molecule has 5 N–H and O–H groups in total. The number of hydrogen-bond acceptors (Lipinski definition) is 4. The number of carboxylic acids is 1. The molecule has 0 fully saturated rings. The van der Waals surface area contributed by atoms with Gasteiger partial charge in [-0.15, -0.1) is 0 Å². The number of benzene rings is 1. The third-order valence-corrected chi connectivity index (χ3v) is 2.89. The van der Waals surface area contributed by atoms with Crippen LogP contribution in [0, 0.1) is 0 Å². The van der Waals surface area contributed by atoms with E-state index >= 15 is 0 Å². The highest BCUT2D eigenvalue weighted by Gasteiger charge is 2.22. The number of primary amides is 1. The van der Waals surface area contributed by atoms with Crippen LogP contribution in [0.3, 0.4) is 0 Å². The van der Waals surface area contributed by atoms with Gasteiger partial charge in [0.1, 0.15) is 11.8 Å². The van der Waals surface area contributed by atoms with Gasteiger partial charge in [-0.1, -0.05) is 0 Å².